The van der Waals surface area contributed by atoms with Gasteiger partial charge in [0.25, 0.3) is 0 Å². The lowest BCUT2D eigenvalue weighted by atomic mass is 9.50. The normalized spacial score (nSPS) is 47.4. The summed E-state index contributed by atoms with van der Waals surface area (Å²) in [4.78, 5) is 0. The first-order valence-corrected chi connectivity index (χ1v) is 8.02. The van der Waals surface area contributed by atoms with Gasteiger partial charge in [0.1, 0.15) is 11.4 Å². The van der Waals surface area contributed by atoms with E-state index >= 15 is 0 Å². The second-order valence-electron chi connectivity index (χ2n) is 7.50. The van der Waals surface area contributed by atoms with Crippen LogP contribution in [0.25, 0.3) is 0 Å². The predicted molar refractivity (Wildman–Crippen MR) is 80.1 cm³/mol. The molecule has 2 aliphatic heterocycles. The van der Waals surface area contributed by atoms with Crippen LogP contribution in [0, 0.1) is 23.2 Å². The molecule has 6 atom stereocenters. The Hall–Kier alpha value is -1.06. The van der Waals surface area contributed by atoms with Crippen molar-refractivity contribution in [2.45, 2.75) is 38.9 Å². The number of fused-ring (bicyclic) bond motifs is 3. The molecule has 4 rings (SSSR count). The molecule has 0 unspecified atom stereocenters. The molecule has 2 fully saturated rings. The van der Waals surface area contributed by atoms with Crippen molar-refractivity contribution in [1.82, 2.24) is 0 Å². The maximum absolute atomic E-state index is 10.1. The number of hydrogen-bond acceptors (Lipinski definition) is 3. The lowest BCUT2D eigenvalue weighted by molar-refractivity contribution is -0.260. The molecule has 1 saturated carbocycles. The minimum absolute atomic E-state index is 0.0992. The highest BCUT2D eigenvalue weighted by atomic mass is 16.5. The molecular weight excluding hydrogens is 264 g/mol. The van der Waals surface area contributed by atoms with Gasteiger partial charge in [-0.25, -0.2) is 0 Å². The molecule has 0 spiro atoms. The van der Waals surface area contributed by atoms with Gasteiger partial charge in [0.05, 0.1) is 19.3 Å². The second kappa shape index (κ2) is 4.23. The van der Waals surface area contributed by atoms with Crippen LogP contribution in [0.5, 0.6) is 5.75 Å². The van der Waals surface area contributed by atoms with Crippen LogP contribution in [0.3, 0.4) is 0 Å². The Morgan fingerprint density at radius 3 is 2.81 bits per heavy atom. The number of aliphatic hydroxyl groups is 1. The Balaban J connectivity index is 1.87. The van der Waals surface area contributed by atoms with E-state index in [4.69, 9.17) is 9.47 Å². The Labute approximate surface area is 126 Å². The lowest BCUT2D eigenvalue weighted by Gasteiger charge is -2.63. The topological polar surface area (TPSA) is 38.7 Å². The average molecular weight is 288 g/mol. The van der Waals surface area contributed by atoms with Crippen molar-refractivity contribution in [3.8, 4) is 5.75 Å². The zero-order chi connectivity index (χ0) is 14.8. The van der Waals surface area contributed by atoms with E-state index in [9.17, 15) is 5.11 Å². The summed E-state index contributed by atoms with van der Waals surface area (Å²) in [5, 5.41) is 10.1. The first-order chi connectivity index (χ1) is 10.0. The summed E-state index contributed by atoms with van der Waals surface area (Å²) in [7, 11) is 0. The Morgan fingerprint density at radius 1 is 1.29 bits per heavy atom. The molecule has 1 saturated heterocycles. The number of hydrogen-bond donors (Lipinski definition) is 1. The molecule has 3 aliphatic rings. The monoisotopic (exact) mass is 288 g/mol. The minimum Gasteiger partial charge on any atom is -0.487 e. The van der Waals surface area contributed by atoms with E-state index in [0.717, 1.165) is 12.2 Å². The van der Waals surface area contributed by atoms with E-state index in [1.807, 2.05) is 6.07 Å². The summed E-state index contributed by atoms with van der Waals surface area (Å²) < 4.78 is 12.7. The van der Waals surface area contributed by atoms with Crippen molar-refractivity contribution in [1.29, 1.82) is 0 Å². The standard InChI is InChI=1S/C18H24O3/c1-11-8-17(3)15-12(2)18(11,9-19)10-20-16(15)13-6-4-5-7-14(13)21-17/h4-7,11-12,15-16,19H,8-10H2,1-3H3/t11-,12-,15-,16+,17-,18+/m0/s1. The van der Waals surface area contributed by atoms with Gasteiger partial charge < -0.3 is 14.6 Å². The highest BCUT2D eigenvalue weighted by molar-refractivity contribution is 5.40. The number of aliphatic hydroxyl groups excluding tert-OH is 1. The van der Waals surface area contributed by atoms with E-state index in [0.29, 0.717) is 24.4 Å². The SMILES string of the molecule is C[C@H]1C[C@]2(C)Oc3ccccc3[C@H]3OC[C@@]1(CO)[C@@H](C)[C@@H]32. The molecule has 2 bridgehead atoms. The number of rotatable bonds is 1. The van der Waals surface area contributed by atoms with Gasteiger partial charge in [0, 0.05) is 16.9 Å². The third kappa shape index (κ3) is 1.56. The Kier molecular flexibility index (Phi) is 2.74. The van der Waals surface area contributed by atoms with Crippen molar-refractivity contribution < 1.29 is 14.6 Å². The molecule has 114 valence electrons. The van der Waals surface area contributed by atoms with Crippen molar-refractivity contribution in [2.75, 3.05) is 13.2 Å². The first-order valence-electron chi connectivity index (χ1n) is 8.02. The van der Waals surface area contributed by atoms with E-state index < -0.39 is 0 Å². The van der Waals surface area contributed by atoms with Crippen LogP contribution < -0.4 is 4.74 Å². The minimum atomic E-state index is -0.197. The molecule has 2 heterocycles. The van der Waals surface area contributed by atoms with Gasteiger partial charge in [-0.1, -0.05) is 32.0 Å². The van der Waals surface area contributed by atoms with Gasteiger partial charge in [0.2, 0.25) is 0 Å². The van der Waals surface area contributed by atoms with Gasteiger partial charge in [-0.05, 0) is 31.2 Å². The smallest absolute Gasteiger partial charge is 0.125 e. The molecular formula is C18H24O3. The molecule has 0 radical (unpaired) electrons. The predicted octanol–water partition coefficient (Wildman–Crippen LogP) is 3.18. The number of ether oxygens (including phenoxy) is 2. The Bertz CT molecular complexity index is 571. The average Bonchev–Trinajstić information content (AvgIpc) is 2.46. The van der Waals surface area contributed by atoms with Crippen LogP contribution in [-0.2, 0) is 4.74 Å². The molecule has 1 N–H and O–H groups in total. The van der Waals surface area contributed by atoms with Crippen LogP contribution in [0.2, 0.25) is 0 Å². The highest BCUT2D eigenvalue weighted by Gasteiger charge is 2.64. The van der Waals surface area contributed by atoms with Gasteiger partial charge >= 0.3 is 0 Å². The van der Waals surface area contributed by atoms with E-state index in [1.165, 1.54) is 5.56 Å². The fourth-order valence-corrected chi connectivity index (χ4v) is 5.29. The third-order valence-corrected chi connectivity index (χ3v) is 6.56. The summed E-state index contributed by atoms with van der Waals surface area (Å²) in [6.07, 6.45) is 1.08. The molecule has 1 aliphatic carbocycles. The number of para-hydroxylation sites is 1. The summed E-state index contributed by atoms with van der Waals surface area (Å²) >= 11 is 0. The van der Waals surface area contributed by atoms with E-state index in [2.05, 4.69) is 39.0 Å². The van der Waals surface area contributed by atoms with Crippen molar-refractivity contribution in [3.63, 3.8) is 0 Å². The van der Waals surface area contributed by atoms with Gasteiger partial charge in [-0.2, -0.15) is 0 Å². The van der Waals surface area contributed by atoms with Crippen LogP contribution in [-0.4, -0.2) is 23.9 Å². The quantitative estimate of drug-likeness (QED) is 0.862. The zero-order valence-electron chi connectivity index (χ0n) is 13.0. The van der Waals surface area contributed by atoms with Crippen molar-refractivity contribution in [3.05, 3.63) is 29.8 Å². The van der Waals surface area contributed by atoms with Crippen LogP contribution in [0.4, 0.5) is 0 Å². The molecule has 1 aromatic carbocycles. The van der Waals surface area contributed by atoms with Crippen LogP contribution in [0.15, 0.2) is 24.3 Å². The molecule has 0 aromatic heterocycles. The first kappa shape index (κ1) is 13.6. The second-order valence-corrected chi connectivity index (χ2v) is 7.50. The molecule has 21 heavy (non-hydrogen) atoms. The number of benzene rings is 1. The third-order valence-electron chi connectivity index (χ3n) is 6.56. The highest BCUT2D eigenvalue weighted by Crippen LogP contribution is 2.63. The fourth-order valence-electron chi connectivity index (χ4n) is 5.29. The van der Waals surface area contributed by atoms with Crippen molar-refractivity contribution in [2.24, 2.45) is 23.2 Å². The van der Waals surface area contributed by atoms with Gasteiger partial charge in [0.15, 0.2) is 0 Å². The fraction of sp³-hybridized carbons (Fsp3) is 0.667. The van der Waals surface area contributed by atoms with Gasteiger partial charge in [-0.3, -0.25) is 0 Å². The summed E-state index contributed by atoms with van der Waals surface area (Å²) in [6.45, 7) is 7.60. The summed E-state index contributed by atoms with van der Waals surface area (Å²) in [6, 6.07) is 8.26. The maximum atomic E-state index is 10.1. The molecule has 0 amide bonds. The summed E-state index contributed by atoms with van der Waals surface area (Å²) in [5.41, 5.74) is 0.862. The molecule has 3 nitrogen and oxygen atoms in total. The lowest BCUT2D eigenvalue weighted by Crippen LogP contribution is -2.65. The largest absolute Gasteiger partial charge is 0.487 e. The van der Waals surface area contributed by atoms with E-state index in [-0.39, 0.29) is 23.7 Å². The van der Waals surface area contributed by atoms with Crippen molar-refractivity contribution >= 4 is 0 Å². The van der Waals surface area contributed by atoms with Crippen LogP contribution >= 0.6 is 0 Å². The van der Waals surface area contributed by atoms with Gasteiger partial charge in [-0.15, -0.1) is 0 Å². The maximum Gasteiger partial charge on any atom is 0.125 e. The van der Waals surface area contributed by atoms with Crippen LogP contribution in [0.1, 0.15) is 38.9 Å². The zero-order valence-corrected chi connectivity index (χ0v) is 13.0. The summed E-state index contributed by atoms with van der Waals surface area (Å²) in [5.74, 6) is 2.07. The Morgan fingerprint density at radius 2 is 2.05 bits per heavy atom. The molecule has 1 aromatic rings. The van der Waals surface area contributed by atoms with E-state index in [1.54, 1.807) is 0 Å². The molecule has 3 heteroatoms.